The van der Waals surface area contributed by atoms with Crippen molar-refractivity contribution in [1.29, 1.82) is 0 Å². The quantitative estimate of drug-likeness (QED) is 0.853. The number of likely N-dealkylation sites (tertiary alicyclic amines) is 1. The highest BCUT2D eigenvalue weighted by Crippen LogP contribution is 2.15. The molecular weight excluding hydrogens is 340 g/mol. The van der Waals surface area contributed by atoms with Gasteiger partial charge in [0.05, 0.1) is 12.1 Å². The zero-order chi connectivity index (χ0) is 19.2. The zero-order valence-electron chi connectivity index (χ0n) is 15.6. The number of hydrogen-bond donors (Lipinski definition) is 2. The second-order valence-electron chi connectivity index (χ2n) is 7.13. The van der Waals surface area contributed by atoms with Gasteiger partial charge in [-0.25, -0.2) is 0 Å². The molecule has 0 spiro atoms. The molecular formula is C22H26N2O3. The third kappa shape index (κ3) is 5.17. The van der Waals surface area contributed by atoms with Crippen molar-refractivity contribution in [2.75, 3.05) is 13.1 Å². The predicted molar refractivity (Wildman–Crippen MR) is 104 cm³/mol. The molecule has 27 heavy (non-hydrogen) atoms. The number of β-amino-alcohol motifs (C(OH)–C–C–N with tert-alkyl or cyclic N) is 1. The Labute approximate surface area is 160 Å². The van der Waals surface area contributed by atoms with Crippen LogP contribution in [0.15, 0.2) is 54.6 Å². The molecule has 0 unspecified atom stereocenters. The summed E-state index contributed by atoms with van der Waals surface area (Å²) in [5, 5.41) is 13.3. The fraction of sp³-hybridized carbons (Fsp3) is 0.364. The molecule has 2 atom stereocenters. The summed E-state index contributed by atoms with van der Waals surface area (Å²) in [6.45, 7) is 2.84. The van der Waals surface area contributed by atoms with Crippen LogP contribution in [0, 0.1) is 6.92 Å². The van der Waals surface area contributed by atoms with Crippen molar-refractivity contribution in [1.82, 2.24) is 10.2 Å². The van der Waals surface area contributed by atoms with Crippen LogP contribution in [-0.2, 0) is 11.2 Å². The minimum absolute atomic E-state index is 0.0439. The molecule has 2 N–H and O–H groups in total. The maximum atomic E-state index is 12.5. The summed E-state index contributed by atoms with van der Waals surface area (Å²) in [4.78, 5) is 26.4. The molecule has 2 amide bonds. The molecule has 0 saturated carbocycles. The van der Waals surface area contributed by atoms with Gasteiger partial charge in [0, 0.05) is 25.1 Å². The SMILES string of the molecule is Cc1ccc(CCC(=O)N2CC[C@@H](NC(=O)c3ccccc3)[C@H](O)C2)cc1. The summed E-state index contributed by atoms with van der Waals surface area (Å²) < 4.78 is 0. The number of carbonyl (C=O) groups excluding carboxylic acids is 2. The number of rotatable bonds is 5. The largest absolute Gasteiger partial charge is 0.389 e. The Balaban J connectivity index is 1.48. The first-order chi connectivity index (χ1) is 13.0. The van der Waals surface area contributed by atoms with Gasteiger partial charge >= 0.3 is 0 Å². The lowest BCUT2D eigenvalue weighted by Crippen LogP contribution is -2.55. The molecule has 1 heterocycles. The first-order valence-electron chi connectivity index (χ1n) is 9.40. The average molecular weight is 366 g/mol. The number of piperidine rings is 1. The highest BCUT2D eigenvalue weighted by Gasteiger charge is 2.31. The van der Waals surface area contributed by atoms with E-state index in [1.165, 1.54) is 5.56 Å². The van der Waals surface area contributed by atoms with Gasteiger partial charge in [0.25, 0.3) is 5.91 Å². The highest BCUT2D eigenvalue weighted by molar-refractivity contribution is 5.94. The molecule has 1 saturated heterocycles. The van der Waals surface area contributed by atoms with Gasteiger partial charge in [-0.05, 0) is 37.5 Å². The summed E-state index contributed by atoms with van der Waals surface area (Å²) in [5.41, 5.74) is 2.91. The van der Waals surface area contributed by atoms with Crippen LogP contribution in [0.5, 0.6) is 0 Å². The maximum absolute atomic E-state index is 12.5. The van der Waals surface area contributed by atoms with Crippen LogP contribution in [0.4, 0.5) is 0 Å². The predicted octanol–water partition coefficient (Wildman–Crippen LogP) is 2.32. The van der Waals surface area contributed by atoms with Crippen molar-refractivity contribution < 1.29 is 14.7 Å². The summed E-state index contributed by atoms with van der Waals surface area (Å²) in [5.74, 6) is -0.152. The van der Waals surface area contributed by atoms with Crippen molar-refractivity contribution in [3.8, 4) is 0 Å². The van der Waals surface area contributed by atoms with E-state index in [9.17, 15) is 14.7 Å². The molecule has 2 aromatic carbocycles. The number of benzene rings is 2. The summed E-state index contributed by atoms with van der Waals surface area (Å²) in [6, 6.07) is 16.8. The lowest BCUT2D eigenvalue weighted by atomic mass is 10.00. The summed E-state index contributed by atoms with van der Waals surface area (Å²) >= 11 is 0. The van der Waals surface area contributed by atoms with Gasteiger partial charge in [0.1, 0.15) is 0 Å². The zero-order valence-corrected chi connectivity index (χ0v) is 15.6. The van der Waals surface area contributed by atoms with Gasteiger partial charge in [0.15, 0.2) is 0 Å². The molecule has 142 valence electrons. The van der Waals surface area contributed by atoms with Gasteiger partial charge < -0.3 is 15.3 Å². The topological polar surface area (TPSA) is 69.6 Å². The first kappa shape index (κ1) is 19.1. The van der Waals surface area contributed by atoms with E-state index in [0.717, 1.165) is 5.56 Å². The number of nitrogens with zero attached hydrogens (tertiary/aromatic N) is 1. The van der Waals surface area contributed by atoms with Gasteiger partial charge in [-0.15, -0.1) is 0 Å². The molecule has 3 rings (SSSR count). The summed E-state index contributed by atoms with van der Waals surface area (Å²) in [7, 11) is 0. The van der Waals surface area contributed by atoms with Crippen molar-refractivity contribution >= 4 is 11.8 Å². The fourth-order valence-corrected chi connectivity index (χ4v) is 3.33. The Kier molecular flexibility index (Phi) is 6.24. The lowest BCUT2D eigenvalue weighted by Gasteiger charge is -2.36. The average Bonchev–Trinajstić information content (AvgIpc) is 2.69. The highest BCUT2D eigenvalue weighted by atomic mass is 16.3. The Morgan fingerprint density at radius 3 is 2.48 bits per heavy atom. The van der Waals surface area contributed by atoms with Crippen LogP contribution >= 0.6 is 0 Å². The van der Waals surface area contributed by atoms with E-state index in [4.69, 9.17) is 0 Å². The van der Waals surface area contributed by atoms with E-state index < -0.39 is 6.10 Å². The second-order valence-corrected chi connectivity index (χ2v) is 7.13. The normalized spacial score (nSPS) is 19.6. The van der Waals surface area contributed by atoms with E-state index in [2.05, 4.69) is 5.32 Å². The Bertz CT molecular complexity index is 774. The maximum Gasteiger partial charge on any atom is 0.251 e. The van der Waals surface area contributed by atoms with Crippen molar-refractivity contribution in [2.24, 2.45) is 0 Å². The number of aryl methyl sites for hydroxylation is 2. The third-order valence-electron chi connectivity index (χ3n) is 5.04. The minimum atomic E-state index is -0.755. The Hall–Kier alpha value is -2.66. The van der Waals surface area contributed by atoms with Gasteiger partial charge in [-0.3, -0.25) is 9.59 Å². The van der Waals surface area contributed by atoms with Crippen LogP contribution in [0.1, 0.15) is 34.3 Å². The number of carbonyl (C=O) groups is 2. The standard InChI is InChI=1S/C22H26N2O3/c1-16-7-9-17(10-8-16)11-12-21(26)24-14-13-19(20(25)15-24)23-22(27)18-5-3-2-4-6-18/h2-10,19-20,25H,11-15H2,1H3,(H,23,27)/t19-,20-/m1/s1. The lowest BCUT2D eigenvalue weighted by molar-refractivity contribution is -0.134. The second kappa shape index (κ2) is 8.82. The molecule has 5 nitrogen and oxygen atoms in total. The van der Waals surface area contributed by atoms with E-state index in [1.54, 1.807) is 29.2 Å². The molecule has 1 aliphatic heterocycles. The number of amides is 2. The third-order valence-corrected chi connectivity index (χ3v) is 5.04. The summed E-state index contributed by atoms with van der Waals surface area (Å²) in [6.07, 6.45) is 0.918. The van der Waals surface area contributed by atoms with E-state index >= 15 is 0 Å². The van der Waals surface area contributed by atoms with Crippen molar-refractivity contribution in [3.05, 3.63) is 71.3 Å². The molecule has 0 aliphatic carbocycles. The molecule has 2 aromatic rings. The molecule has 0 radical (unpaired) electrons. The molecule has 5 heteroatoms. The van der Waals surface area contributed by atoms with Crippen LogP contribution in [-0.4, -0.2) is 47.1 Å². The minimum Gasteiger partial charge on any atom is -0.389 e. The van der Waals surface area contributed by atoms with E-state index in [-0.39, 0.29) is 24.4 Å². The van der Waals surface area contributed by atoms with Crippen LogP contribution in [0.3, 0.4) is 0 Å². The Morgan fingerprint density at radius 1 is 1.11 bits per heavy atom. The van der Waals surface area contributed by atoms with E-state index in [1.807, 2.05) is 37.3 Å². The molecule has 1 aliphatic rings. The monoisotopic (exact) mass is 366 g/mol. The van der Waals surface area contributed by atoms with Crippen LogP contribution in [0.25, 0.3) is 0 Å². The van der Waals surface area contributed by atoms with Gasteiger partial charge in [-0.2, -0.15) is 0 Å². The fourth-order valence-electron chi connectivity index (χ4n) is 3.33. The molecule has 1 fully saturated rings. The van der Waals surface area contributed by atoms with Gasteiger partial charge in [-0.1, -0.05) is 48.0 Å². The smallest absolute Gasteiger partial charge is 0.251 e. The Morgan fingerprint density at radius 2 is 1.81 bits per heavy atom. The number of aliphatic hydroxyl groups is 1. The van der Waals surface area contributed by atoms with Crippen LogP contribution < -0.4 is 5.32 Å². The van der Waals surface area contributed by atoms with Crippen LogP contribution in [0.2, 0.25) is 0 Å². The first-order valence-corrected chi connectivity index (χ1v) is 9.40. The molecule has 0 bridgehead atoms. The van der Waals surface area contributed by atoms with E-state index in [0.29, 0.717) is 31.4 Å². The number of aliphatic hydroxyl groups excluding tert-OH is 1. The molecule has 0 aromatic heterocycles. The number of nitrogens with one attached hydrogen (secondary N) is 1. The van der Waals surface area contributed by atoms with Gasteiger partial charge in [0.2, 0.25) is 5.91 Å². The van der Waals surface area contributed by atoms with Crippen molar-refractivity contribution in [3.63, 3.8) is 0 Å². The van der Waals surface area contributed by atoms with Crippen molar-refractivity contribution in [2.45, 2.75) is 38.3 Å². The number of hydrogen-bond acceptors (Lipinski definition) is 3.